The molecule has 2 N–H and O–H groups in total. The molecule has 0 bridgehead atoms. The summed E-state index contributed by atoms with van der Waals surface area (Å²) in [6.45, 7) is 0. The van der Waals surface area contributed by atoms with Crippen LogP contribution in [-0.4, -0.2) is 5.91 Å². The molecule has 2 aromatic carbocycles. The Bertz CT molecular complexity index is 664. The minimum absolute atomic E-state index is 0.407. The van der Waals surface area contributed by atoms with Crippen LogP contribution in [0.2, 0.25) is 0 Å². The maximum absolute atomic E-state index is 11.7. The number of carbonyl (C=O) groups excluding carboxylic acids is 1. The molecule has 0 saturated carbocycles. The predicted molar refractivity (Wildman–Crippen MR) is 83.1 cm³/mol. The van der Waals surface area contributed by atoms with Gasteiger partial charge in [0.2, 0.25) is 5.91 Å². The molecule has 2 aromatic rings. The van der Waals surface area contributed by atoms with Crippen LogP contribution in [0.4, 0.5) is 0 Å². The zero-order valence-corrected chi connectivity index (χ0v) is 12.8. The van der Waals surface area contributed by atoms with Crippen molar-refractivity contribution in [3.63, 3.8) is 0 Å². The summed E-state index contributed by atoms with van der Waals surface area (Å²) in [4.78, 5) is 12.6. The van der Waals surface area contributed by atoms with Crippen LogP contribution < -0.4 is 5.73 Å². The first-order valence-electron chi connectivity index (χ1n) is 5.82. The molecule has 0 spiro atoms. The van der Waals surface area contributed by atoms with Gasteiger partial charge < -0.3 is 5.73 Å². The molecule has 0 aliphatic heterocycles. The average Bonchev–Trinajstić information content (AvgIpc) is 2.46. The van der Waals surface area contributed by atoms with E-state index in [4.69, 9.17) is 11.0 Å². The number of nitriles is 1. The van der Waals surface area contributed by atoms with Gasteiger partial charge in [-0.2, -0.15) is 5.26 Å². The van der Waals surface area contributed by atoms with Gasteiger partial charge in [-0.1, -0.05) is 24.3 Å². The van der Waals surface area contributed by atoms with Crippen LogP contribution in [0.25, 0.3) is 0 Å². The van der Waals surface area contributed by atoms with Crippen molar-refractivity contribution in [2.24, 2.45) is 5.73 Å². The Kier molecular flexibility index (Phi) is 4.83. The standard InChI is InChI=1S/C15H11BrN2OS/c16-12-3-1-2-4-13(12)20-14(15(18)19)11-7-5-10(9-17)6-8-11/h1-8,14H,(H2,18,19). The largest absolute Gasteiger partial charge is 0.368 e. The average molecular weight is 347 g/mol. The molecule has 0 radical (unpaired) electrons. The molecule has 5 heteroatoms. The van der Waals surface area contributed by atoms with Crippen molar-refractivity contribution >= 4 is 33.6 Å². The van der Waals surface area contributed by atoms with Crippen LogP contribution in [0.5, 0.6) is 0 Å². The van der Waals surface area contributed by atoms with E-state index < -0.39 is 11.2 Å². The molecular weight excluding hydrogens is 336 g/mol. The number of nitrogens with two attached hydrogens (primary N) is 1. The van der Waals surface area contributed by atoms with Crippen molar-refractivity contribution in [3.05, 3.63) is 64.1 Å². The molecule has 100 valence electrons. The molecular formula is C15H11BrN2OS. The van der Waals surface area contributed by atoms with E-state index in [2.05, 4.69) is 22.0 Å². The van der Waals surface area contributed by atoms with Gasteiger partial charge in [0.15, 0.2) is 0 Å². The van der Waals surface area contributed by atoms with Crippen LogP contribution in [-0.2, 0) is 4.79 Å². The van der Waals surface area contributed by atoms with Crippen molar-refractivity contribution in [3.8, 4) is 6.07 Å². The SMILES string of the molecule is N#Cc1ccc(C(Sc2ccccc2Br)C(N)=O)cc1. The first kappa shape index (κ1) is 14.6. The van der Waals surface area contributed by atoms with E-state index in [1.807, 2.05) is 24.3 Å². The number of benzene rings is 2. The zero-order chi connectivity index (χ0) is 14.5. The zero-order valence-electron chi connectivity index (χ0n) is 10.4. The number of thioether (sulfide) groups is 1. The van der Waals surface area contributed by atoms with Gasteiger partial charge in [0.25, 0.3) is 0 Å². The second-order valence-electron chi connectivity index (χ2n) is 4.06. The molecule has 3 nitrogen and oxygen atoms in total. The summed E-state index contributed by atoms with van der Waals surface area (Å²) in [5.41, 5.74) is 6.84. The maximum atomic E-state index is 11.7. The smallest absolute Gasteiger partial charge is 0.235 e. The quantitative estimate of drug-likeness (QED) is 0.859. The summed E-state index contributed by atoms with van der Waals surface area (Å²) in [6, 6.07) is 16.6. The van der Waals surface area contributed by atoms with Gasteiger partial charge in [-0.25, -0.2) is 0 Å². The molecule has 20 heavy (non-hydrogen) atoms. The molecule has 0 aliphatic carbocycles. The lowest BCUT2D eigenvalue weighted by molar-refractivity contribution is -0.117. The Labute approximate surface area is 129 Å². The number of carbonyl (C=O) groups is 1. The topological polar surface area (TPSA) is 66.9 Å². The van der Waals surface area contributed by atoms with E-state index in [0.29, 0.717) is 5.56 Å². The van der Waals surface area contributed by atoms with Crippen molar-refractivity contribution in [1.29, 1.82) is 5.26 Å². The van der Waals surface area contributed by atoms with E-state index in [0.717, 1.165) is 14.9 Å². The third-order valence-corrected chi connectivity index (χ3v) is 4.99. The lowest BCUT2D eigenvalue weighted by Gasteiger charge is -2.14. The highest BCUT2D eigenvalue weighted by molar-refractivity contribution is 9.10. The van der Waals surface area contributed by atoms with Gasteiger partial charge in [0, 0.05) is 9.37 Å². The van der Waals surface area contributed by atoms with E-state index in [9.17, 15) is 4.79 Å². The Hall–Kier alpha value is -1.77. The maximum Gasteiger partial charge on any atom is 0.235 e. The lowest BCUT2D eigenvalue weighted by atomic mass is 10.1. The fraction of sp³-hybridized carbons (Fsp3) is 0.0667. The third kappa shape index (κ3) is 3.41. The lowest BCUT2D eigenvalue weighted by Crippen LogP contribution is -2.18. The first-order chi connectivity index (χ1) is 9.61. The fourth-order valence-corrected chi connectivity index (χ4v) is 3.26. The molecule has 2 rings (SSSR count). The summed E-state index contributed by atoms with van der Waals surface area (Å²) in [5.74, 6) is -0.407. The molecule has 0 saturated heterocycles. The Morgan fingerprint density at radius 2 is 1.85 bits per heavy atom. The van der Waals surface area contributed by atoms with Crippen LogP contribution in [0, 0.1) is 11.3 Å². The van der Waals surface area contributed by atoms with Crippen molar-refractivity contribution in [1.82, 2.24) is 0 Å². The number of hydrogen-bond donors (Lipinski definition) is 1. The van der Waals surface area contributed by atoms with Gasteiger partial charge >= 0.3 is 0 Å². The molecule has 1 unspecified atom stereocenters. The number of nitrogens with zero attached hydrogens (tertiary/aromatic N) is 1. The Morgan fingerprint density at radius 1 is 1.20 bits per heavy atom. The highest BCUT2D eigenvalue weighted by Gasteiger charge is 2.20. The number of hydrogen-bond acceptors (Lipinski definition) is 3. The second-order valence-corrected chi connectivity index (χ2v) is 6.07. The van der Waals surface area contributed by atoms with Crippen LogP contribution >= 0.6 is 27.7 Å². The highest BCUT2D eigenvalue weighted by Crippen LogP contribution is 2.38. The number of rotatable bonds is 4. The van der Waals surface area contributed by atoms with E-state index >= 15 is 0 Å². The van der Waals surface area contributed by atoms with E-state index in [1.165, 1.54) is 11.8 Å². The van der Waals surface area contributed by atoms with E-state index in [1.54, 1.807) is 24.3 Å². The summed E-state index contributed by atoms with van der Waals surface area (Å²) in [7, 11) is 0. The summed E-state index contributed by atoms with van der Waals surface area (Å²) >= 11 is 4.84. The molecule has 1 amide bonds. The third-order valence-electron chi connectivity index (χ3n) is 2.68. The number of amides is 1. The van der Waals surface area contributed by atoms with Crippen molar-refractivity contribution in [2.75, 3.05) is 0 Å². The van der Waals surface area contributed by atoms with Crippen molar-refractivity contribution < 1.29 is 4.79 Å². The minimum Gasteiger partial charge on any atom is -0.368 e. The molecule has 1 atom stereocenters. The van der Waals surface area contributed by atoms with Gasteiger partial charge in [-0.15, -0.1) is 11.8 Å². The number of primary amides is 1. The summed E-state index contributed by atoms with van der Waals surface area (Å²) in [6.07, 6.45) is 0. The van der Waals surface area contributed by atoms with Gasteiger partial charge in [0.1, 0.15) is 5.25 Å². The first-order valence-corrected chi connectivity index (χ1v) is 7.49. The predicted octanol–water partition coefficient (Wildman–Crippen LogP) is 3.64. The van der Waals surface area contributed by atoms with Gasteiger partial charge in [-0.05, 0) is 45.8 Å². The fourth-order valence-electron chi connectivity index (χ4n) is 1.69. The Morgan fingerprint density at radius 3 is 2.40 bits per heavy atom. The summed E-state index contributed by atoms with van der Waals surface area (Å²) in [5, 5.41) is 8.31. The molecule has 0 aromatic heterocycles. The molecule has 0 aliphatic rings. The monoisotopic (exact) mass is 346 g/mol. The van der Waals surface area contributed by atoms with E-state index in [-0.39, 0.29) is 0 Å². The van der Waals surface area contributed by atoms with Gasteiger partial charge in [0.05, 0.1) is 11.6 Å². The minimum atomic E-state index is -0.485. The summed E-state index contributed by atoms with van der Waals surface area (Å²) < 4.78 is 0.921. The van der Waals surface area contributed by atoms with Crippen LogP contribution in [0.15, 0.2) is 57.9 Å². The van der Waals surface area contributed by atoms with Crippen LogP contribution in [0.1, 0.15) is 16.4 Å². The molecule has 0 heterocycles. The highest BCUT2D eigenvalue weighted by atomic mass is 79.9. The van der Waals surface area contributed by atoms with Gasteiger partial charge in [-0.3, -0.25) is 4.79 Å². The molecule has 0 fully saturated rings. The van der Waals surface area contributed by atoms with Crippen molar-refractivity contribution in [2.45, 2.75) is 10.1 Å². The second kappa shape index (κ2) is 6.60. The number of halogens is 1. The van der Waals surface area contributed by atoms with Crippen LogP contribution in [0.3, 0.4) is 0 Å². The normalized spacial score (nSPS) is 11.6. The Balaban J connectivity index is 2.30.